The Morgan fingerprint density at radius 2 is 1.95 bits per heavy atom. The maximum Gasteiger partial charge on any atom is 0.319 e. The van der Waals surface area contributed by atoms with Gasteiger partial charge in [-0.25, -0.2) is 4.79 Å². The third-order valence-corrected chi connectivity index (χ3v) is 3.42. The lowest BCUT2D eigenvalue weighted by Gasteiger charge is -2.17. The zero-order valence-corrected chi connectivity index (χ0v) is 12.4. The van der Waals surface area contributed by atoms with Crippen molar-refractivity contribution in [3.05, 3.63) is 65.2 Å². The van der Waals surface area contributed by atoms with Crippen molar-refractivity contribution in [3.63, 3.8) is 0 Å². The second-order valence-electron chi connectivity index (χ2n) is 5.08. The fourth-order valence-corrected chi connectivity index (χ4v) is 2.29. The SMILES string of the molecule is Cc1ccccc1C(C)NC(=O)Nc1cccc(CN)c1. The Morgan fingerprint density at radius 1 is 1.19 bits per heavy atom. The molecule has 0 spiro atoms. The lowest BCUT2D eigenvalue weighted by Crippen LogP contribution is -2.31. The summed E-state index contributed by atoms with van der Waals surface area (Å²) in [5.41, 5.74) is 9.60. The zero-order chi connectivity index (χ0) is 15.2. The minimum absolute atomic E-state index is 0.0520. The standard InChI is InChI=1S/C17H21N3O/c1-12-6-3-4-9-16(12)13(2)19-17(21)20-15-8-5-7-14(10-15)11-18/h3-10,13H,11,18H2,1-2H3,(H2,19,20,21). The van der Waals surface area contributed by atoms with Crippen LogP contribution in [0.1, 0.15) is 29.7 Å². The summed E-state index contributed by atoms with van der Waals surface area (Å²) in [6.45, 7) is 4.46. The van der Waals surface area contributed by atoms with Crippen LogP contribution in [-0.2, 0) is 6.54 Å². The molecule has 110 valence electrons. The second kappa shape index (κ2) is 6.90. The molecule has 0 fully saturated rings. The first-order valence-electron chi connectivity index (χ1n) is 7.02. The van der Waals surface area contributed by atoms with Crippen molar-refractivity contribution in [2.75, 3.05) is 5.32 Å². The number of carbonyl (C=O) groups is 1. The van der Waals surface area contributed by atoms with Crippen LogP contribution in [0.5, 0.6) is 0 Å². The number of benzene rings is 2. The number of nitrogens with two attached hydrogens (primary N) is 1. The van der Waals surface area contributed by atoms with Gasteiger partial charge in [0, 0.05) is 12.2 Å². The minimum atomic E-state index is -0.222. The quantitative estimate of drug-likeness (QED) is 0.805. The molecule has 0 bridgehead atoms. The van der Waals surface area contributed by atoms with Gasteiger partial charge < -0.3 is 16.4 Å². The van der Waals surface area contributed by atoms with Crippen LogP contribution >= 0.6 is 0 Å². The number of amides is 2. The van der Waals surface area contributed by atoms with E-state index in [0.717, 1.165) is 22.4 Å². The molecule has 1 atom stereocenters. The van der Waals surface area contributed by atoms with E-state index in [1.165, 1.54) is 0 Å². The summed E-state index contributed by atoms with van der Waals surface area (Å²) in [6.07, 6.45) is 0. The molecular weight excluding hydrogens is 262 g/mol. The normalized spacial score (nSPS) is 11.8. The van der Waals surface area contributed by atoms with Crippen LogP contribution in [0.3, 0.4) is 0 Å². The molecule has 0 saturated heterocycles. The van der Waals surface area contributed by atoms with E-state index < -0.39 is 0 Å². The molecule has 2 aromatic carbocycles. The first kappa shape index (κ1) is 15.1. The van der Waals surface area contributed by atoms with E-state index in [0.29, 0.717) is 6.54 Å². The van der Waals surface area contributed by atoms with Crippen LogP contribution in [0.2, 0.25) is 0 Å². The Balaban J connectivity index is 2.00. The van der Waals surface area contributed by atoms with E-state index in [1.807, 2.05) is 62.4 Å². The largest absolute Gasteiger partial charge is 0.331 e. The maximum atomic E-state index is 12.1. The Hall–Kier alpha value is -2.33. The summed E-state index contributed by atoms with van der Waals surface area (Å²) in [5, 5.41) is 5.77. The van der Waals surface area contributed by atoms with Crippen molar-refractivity contribution in [2.24, 2.45) is 5.73 Å². The average molecular weight is 283 g/mol. The van der Waals surface area contributed by atoms with Gasteiger partial charge in [0.1, 0.15) is 0 Å². The molecule has 0 aliphatic heterocycles. The maximum absolute atomic E-state index is 12.1. The first-order valence-corrected chi connectivity index (χ1v) is 7.02. The molecule has 21 heavy (non-hydrogen) atoms. The lowest BCUT2D eigenvalue weighted by molar-refractivity contribution is 0.249. The Morgan fingerprint density at radius 3 is 2.67 bits per heavy atom. The third kappa shape index (κ3) is 4.07. The molecule has 2 rings (SSSR count). The van der Waals surface area contributed by atoms with Crippen molar-refractivity contribution in [1.29, 1.82) is 0 Å². The van der Waals surface area contributed by atoms with Crippen molar-refractivity contribution >= 4 is 11.7 Å². The molecular formula is C17H21N3O. The third-order valence-electron chi connectivity index (χ3n) is 3.42. The van der Waals surface area contributed by atoms with Crippen molar-refractivity contribution in [1.82, 2.24) is 5.32 Å². The summed E-state index contributed by atoms with van der Waals surface area (Å²) in [7, 11) is 0. The summed E-state index contributed by atoms with van der Waals surface area (Å²) < 4.78 is 0. The minimum Gasteiger partial charge on any atom is -0.331 e. The van der Waals surface area contributed by atoms with Crippen LogP contribution in [0.25, 0.3) is 0 Å². The van der Waals surface area contributed by atoms with Gasteiger partial charge >= 0.3 is 6.03 Å². The fraction of sp³-hybridized carbons (Fsp3) is 0.235. The zero-order valence-electron chi connectivity index (χ0n) is 12.4. The van der Waals surface area contributed by atoms with Crippen molar-refractivity contribution < 1.29 is 4.79 Å². The number of hydrogen-bond acceptors (Lipinski definition) is 2. The summed E-state index contributed by atoms with van der Waals surface area (Å²) in [4.78, 5) is 12.1. The first-order chi connectivity index (χ1) is 10.1. The van der Waals surface area contributed by atoms with Crippen LogP contribution in [0.4, 0.5) is 10.5 Å². The lowest BCUT2D eigenvalue weighted by atomic mass is 10.0. The van der Waals surface area contributed by atoms with Crippen LogP contribution in [0, 0.1) is 6.92 Å². The molecule has 4 N–H and O–H groups in total. The molecule has 0 aliphatic carbocycles. The molecule has 0 aromatic heterocycles. The fourth-order valence-electron chi connectivity index (χ4n) is 2.29. The van der Waals surface area contributed by atoms with Crippen molar-refractivity contribution in [3.8, 4) is 0 Å². The predicted octanol–water partition coefficient (Wildman–Crippen LogP) is 3.34. The van der Waals surface area contributed by atoms with E-state index in [4.69, 9.17) is 5.73 Å². The van der Waals surface area contributed by atoms with Crippen LogP contribution in [-0.4, -0.2) is 6.03 Å². The highest BCUT2D eigenvalue weighted by Gasteiger charge is 2.11. The number of carbonyl (C=O) groups excluding carboxylic acids is 1. The van der Waals surface area contributed by atoms with Crippen LogP contribution in [0.15, 0.2) is 48.5 Å². The predicted molar refractivity (Wildman–Crippen MR) is 86.1 cm³/mol. The van der Waals surface area contributed by atoms with Gasteiger partial charge in [-0.2, -0.15) is 0 Å². The molecule has 0 radical (unpaired) electrons. The highest BCUT2D eigenvalue weighted by molar-refractivity contribution is 5.89. The highest BCUT2D eigenvalue weighted by atomic mass is 16.2. The highest BCUT2D eigenvalue weighted by Crippen LogP contribution is 2.17. The molecule has 2 amide bonds. The molecule has 2 aromatic rings. The summed E-state index contributed by atoms with van der Waals surface area (Å²) in [6, 6.07) is 15.3. The van der Waals surface area contributed by atoms with Crippen molar-refractivity contribution in [2.45, 2.75) is 26.4 Å². The Bertz CT molecular complexity index is 625. The molecule has 0 heterocycles. The number of hydrogen-bond donors (Lipinski definition) is 3. The van der Waals surface area contributed by atoms with E-state index >= 15 is 0 Å². The number of nitrogens with one attached hydrogen (secondary N) is 2. The monoisotopic (exact) mass is 283 g/mol. The molecule has 4 nitrogen and oxygen atoms in total. The molecule has 0 saturated carbocycles. The van der Waals surface area contributed by atoms with Gasteiger partial charge in [-0.3, -0.25) is 0 Å². The number of urea groups is 1. The number of anilines is 1. The smallest absolute Gasteiger partial charge is 0.319 e. The van der Waals surface area contributed by atoms with Gasteiger partial charge in [0.2, 0.25) is 0 Å². The van der Waals surface area contributed by atoms with Gasteiger partial charge in [-0.15, -0.1) is 0 Å². The van der Waals surface area contributed by atoms with Gasteiger partial charge in [0.25, 0.3) is 0 Å². The van der Waals surface area contributed by atoms with E-state index in [1.54, 1.807) is 0 Å². The second-order valence-corrected chi connectivity index (χ2v) is 5.08. The number of rotatable bonds is 4. The molecule has 4 heteroatoms. The topological polar surface area (TPSA) is 67.2 Å². The Labute approximate surface area is 125 Å². The van der Waals surface area contributed by atoms with Crippen LogP contribution < -0.4 is 16.4 Å². The molecule has 0 aliphatic rings. The summed E-state index contributed by atoms with van der Waals surface area (Å²) in [5.74, 6) is 0. The Kier molecular flexibility index (Phi) is 4.95. The van der Waals surface area contributed by atoms with Gasteiger partial charge in [-0.05, 0) is 42.7 Å². The van der Waals surface area contributed by atoms with Gasteiger partial charge in [0.05, 0.1) is 6.04 Å². The van der Waals surface area contributed by atoms with E-state index in [9.17, 15) is 4.79 Å². The summed E-state index contributed by atoms with van der Waals surface area (Å²) >= 11 is 0. The number of aryl methyl sites for hydroxylation is 1. The van der Waals surface area contributed by atoms with E-state index in [-0.39, 0.29) is 12.1 Å². The van der Waals surface area contributed by atoms with E-state index in [2.05, 4.69) is 10.6 Å². The average Bonchev–Trinajstić information content (AvgIpc) is 2.47. The van der Waals surface area contributed by atoms with Gasteiger partial charge in [0.15, 0.2) is 0 Å². The van der Waals surface area contributed by atoms with Gasteiger partial charge in [-0.1, -0.05) is 36.4 Å². The molecule has 1 unspecified atom stereocenters.